The summed E-state index contributed by atoms with van der Waals surface area (Å²) in [5, 5.41) is 20.9. The number of anilines is 3. The number of nitrogens with one attached hydrogen (secondary N) is 2. The van der Waals surface area contributed by atoms with Crippen LogP contribution in [0.1, 0.15) is 19.8 Å². The molecule has 2 aliphatic rings. The van der Waals surface area contributed by atoms with Gasteiger partial charge in [0.05, 0.1) is 6.61 Å². The number of carboxylic acid groups (broad SMARTS) is 2. The van der Waals surface area contributed by atoms with E-state index in [1.165, 1.54) is 0 Å². The molecule has 17 heteroatoms. The number of rotatable bonds is 2. The van der Waals surface area contributed by atoms with Gasteiger partial charge in [-0.3, -0.25) is 0 Å². The van der Waals surface area contributed by atoms with Crippen LogP contribution in [0.5, 0.6) is 5.75 Å². The molecule has 0 saturated carbocycles. The van der Waals surface area contributed by atoms with Crippen LogP contribution in [-0.2, 0) is 9.59 Å². The monoisotopic (exact) mass is 506 g/mol. The third kappa shape index (κ3) is 8.95. The number of fused-ring (bicyclic) bond motifs is 1. The molecule has 0 radical (unpaired) electrons. The van der Waals surface area contributed by atoms with Gasteiger partial charge in [0.1, 0.15) is 0 Å². The average molecular weight is 506 g/mol. The van der Waals surface area contributed by atoms with Gasteiger partial charge >= 0.3 is 24.3 Å². The molecule has 2 aliphatic heterocycles. The minimum absolute atomic E-state index is 0.289. The Morgan fingerprint density at radius 2 is 1.65 bits per heavy atom. The zero-order chi connectivity index (χ0) is 26.3. The Bertz CT molecular complexity index is 829. The summed E-state index contributed by atoms with van der Waals surface area (Å²) in [5.74, 6) is -2.96. The first kappa shape index (κ1) is 28.8. The van der Waals surface area contributed by atoms with Crippen LogP contribution in [0.25, 0.3) is 0 Å². The molecule has 2 atom stereocenters. The summed E-state index contributed by atoms with van der Waals surface area (Å²) in [6.45, 7) is 4.65. The molecule has 1 fully saturated rings. The van der Waals surface area contributed by atoms with Crippen molar-refractivity contribution >= 4 is 29.5 Å². The van der Waals surface area contributed by atoms with Crippen molar-refractivity contribution in [1.29, 1.82) is 0 Å². The molecule has 194 valence electrons. The molecule has 0 spiro atoms. The van der Waals surface area contributed by atoms with Gasteiger partial charge in [-0.15, -0.1) is 0 Å². The normalized spacial score (nSPS) is 19.7. The van der Waals surface area contributed by atoms with Crippen molar-refractivity contribution in [3.8, 4) is 5.75 Å². The van der Waals surface area contributed by atoms with Crippen molar-refractivity contribution in [2.75, 3.05) is 42.7 Å². The molecule has 3 rings (SSSR count). The summed E-state index contributed by atoms with van der Waals surface area (Å²) in [6.07, 6.45) is -8.13. The number of nitrogens with zero attached hydrogens (tertiary/aromatic N) is 3. The molecule has 3 heterocycles. The SMILES string of the molecule is CN[C@@H]1CCN(c2nc(N)nc3c2OCC[C@H](C)N3)C1.O=C(O)C(F)(F)F.O=C(O)C(F)(F)F. The number of halogens is 6. The number of hydrogen-bond acceptors (Lipinski definition) is 9. The van der Waals surface area contributed by atoms with Crippen LogP contribution >= 0.6 is 0 Å². The van der Waals surface area contributed by atoms with Gasteiger partial charge in [0, 0.05) is 31.6 Å². The Kier molecular flexibility index (Phi) is 9.95. The van der Waals surface area contributed by atoms with Crippen molar-refractivity contribution in [3.05, 3.63) is 0 Å². The zero-order valence-electron chi connectivity index (χ0n) is 18.0. The van der Waals surface area contributed by atoms with Gasteiger partial charge in [-0.25, -0.2) is 9.59 Å². The van der Waals surface area contributed by atoms with E-state index in [4.69, 9.17) is 30.3 Å². The minimum atomic E-state index is -5.08. The molecule has 0 aromatic carbocycles. The highest BCUT2D eigenvalue weighted by molar-refractivity contribution is 5.73. The van der Waals surface area contributed by atoms with Crippen molar-refractivity contribution in [3.63, 3.8) is 0 Å². The van der Waals surface area contributed by atoms with Crippen LogP contribution in [0.2, 0.25) is 0 Å². The lowest BCUT2D eigenvalue weighted by Crippen LogP contribution is -2.30. The van der Waals surface area contributed by atoms with E-state index < -0.39 is 24.3 Å². The molecule has 1 saturated heterocycles. The summed E-state index contributed by atoms with van der Waals surface area (Å²) in [7, 11) is 1.99. The first-order chi connectivity index (χ1) is 15.6. The number of carboxylic acids is 2. The maximum absolute atomic E-state index is 10.6. The largest absolute Gasteiger partial charge is 0.490 e. The van der Waals surface area contributed by atoms with Crippen LogP contribution in [0.4, 0.5) is 43.9 Å². The molecule has 0 bridgehead atoms. The van der Waals surface area contributed by atoms with Gasteiger partial charge in [-0.05, 0) is 20.4 Å². The highest BCUT2D eigenvalue weighted by atomic mass is 19.4. The van der Waals surface area contributed by atoms with E-state index in [2.05, 4.69) is 32.4 Å². The van der Waals surface area contributed by atoms with Crippen LogP contribution in [0, 0.1) is 0 Å². The van der Waals surface area contributed by atoms with E-state index >= 15 is 0 Å². The van der Waals surface area contributed by atoms with E-state index in [0.717, 1.165) is 37.5 Å². The smallest absolute Gasteiger partial charge is 0.486 e. The second kappa shape index (κ2) is 11.8. The number of ether oxygens (including phenoxy) is 1. The molecule has 0 amide bonds. The summed E-state index contributed by atoms with van der Waals surface area (Å²) in [5.41, 5.74) is 5.85. The Hall–Kier alpha value is -3.24. The van der Waals surface area contributed by atoms with Gasteiger partial charge in [0.25, 0.3) is 0 Å². The molecule has 6 N–H and O–H groups in total. The number of aromatic nitrogens is 2. The first-order valence-electron chi connectivity index (χ1n) is 9.65. The van der Waals surface area contributed by atoms with Crippen molar-refractivity contribution in [2.45, 2.75) is 44.2 Å². The second-order valence-electron chi connectivity index (χ2n) is 7.09. The Labute approximate surface area is 189 Å². The molecular weight excluding hydrogens is 482 g/mol. The maximum Gasteiger partial charge on any atom is 0.490 e. The number of aliphatic carboxylic acids is 2. The van der Waals surface area contributed by atoms with E-state index in [0.29, 0.717) is 24.5 Å². The predicted octanol–water partition coefficient (Wildman–Crippen LogP) is 1.71. The average Bonchev–Trinajstić information content (AvgIpc) is 3.10. The van der Waals surface area contributed by atoms with Crippen LogP contribution < -0.4 is 26.0 Å². The second-order valence-corrected chi connectivity index (χ2v) is 7.09. The lowest BCUT2D eigenvalue weighted by Gasteiger charge is -2.21. The fraction of sp³-hybridized carbons (Fsp3) is 0.647. The standard InChI is InChI=1S/C13H22N6O.2C2HF3O2/c1-8-4-6-20-10-11(16-8)17-13(14)18-12(10)19-5-3-9(7-19)15-2;2*3-2(4,5)1(6)7/h8-9,15H,3-7H2,1-2H3,(H3,14,16,17,18);2*(H,6,7)/t8-,9+;;/m0../s1. The van der Waals surface area contributed by atoms with E-state index in [1.807, 2.05) is 7.05 Å². The molecule has 34 heavy (non-hydrogen) atoms. The minimum Gasteiger partial charge on any atom is -0.486 e. The predicted molar refractivity (Wildman–Crippen MR) is 107 cm³/mol. The fourth-order valence-corrected chi connectivity index (χ4v) is 2.73. The third-order valence-corrected chi connectivity index (χ3v) is 4.43. The van der Waals surface area contributed by atoms with Gasteiger partial charge in [0.15, 0.2) is 11.6 Å². The summed E-state index contributed by atoms with van der Waals surface area (Å²) in [6, 6.07) is 0.807. The van der Waals surface area contributed by atoms with Gasteiger partial charge < -0.3 is 36.2 Å². The van der Waals surface area contributed by atoms with Crippen LogP contribution in [0.15, 0.2) is 0 Å². The molecule has 0 aliphatic carbocycles. The molecule has 1 aromatic heterocycles. The lowest BCUT2D eigenvalue weighted by atomic mass is 10.2. The topological polar surface area (TPSA) is 163 Å². The van der Waals surface area contributed by atoms with Gasteiger partial charge in [0.2, 0.25) is 11.7 Å². The zero-order valence-corrected chi connectivity index (χ0v) is 18.0. The molecule has 1 aromatic rings. The number of likely N-dealkylation sites (N-methyl/N-ethyl adjacent to an activating group) is 1. The molecule has 11 nitrogen and oxygen atoms in total. The van der Waals surface area contributed by atoms with Gasteiger partial charge in [-0.2, -0.15) is 36.3 Å². The van der Waals surface area contributed by atoms with Crippen molar-refractivity contribution in [1.82, 2.24) is 15.3 Å². The maximum atomic E-state index is 10.6. The molecular formula is C17H24F6N6O5. The highest BCUT2D eigenvalue weighted by Gasteiger charge is 2.39. The van der Waals surface area contributed by atoms with Crippen molar-refractivity contribution in [2.24, 2.45) is 0 Å². The Balaban J connectivity index is 0.000000343. The van der Waals surface area contributed by atoms with Gasteiger partial charge in [-0.1, -0.05) is 0 Å². The number of alkyl halides is 6. The summed E-state index contributed by atoms with van der Waals surface area (Å²) >= 11 is 0. The summed E-state index contributed by atoms with van der Waals surface area (Å²) in [4.78, 5) is 28.7. The summed E-state index contributed by atoms with van der Waals surface area (Å²) < 4.78 is 69.4. The van der Waals surface area contributed by atoms with E-state index in [1.54, 1.807) is 0 Å². The quantitative estimate of drug-likeness (QED) is 0.371. The highest BCUT2D eigenvalue weighted by Crippen LogP contribution is 2.37. The van der Waals surface area contributed by atoms with E-state index in [9.17, 15) is 26.3 Å². The Morgan fingerprint density at radius 3 is 2.09 bits per heavy atom. The Morgan fingerprint density at radius 1 is 1.12 bits per heavy atom. The number of carbonyl (C=O) groups is 2. The lowest BCUT2D eigenvalue weighted by molar-refractivity contribution is -0.193. The van der Waals surface area contributed by atoms with Crippen LogP contribution in [0.3, 0.4) is 0 Å². The van der Waals surface area contributed by atoms with Crippen molar-refractivity contribution < 1.29 is 50.9 Å². The number of nitrogen functional groups attached to an aromatic ring is 1. The fourth-order valence-electron chi connectivity index (χ4n) is 2.73. The van der Waals surface area contributed by atoms with Crippen LogP contribution in [-0.4, -0.2) is 83.3 Å². The first-order valence-corrected chi connectivity index (χ1v) is 9.65. The third-order valence-electron chi connectivity index (χ3n) is 4.43. The number of hydrogen-bond donors (Lipinski definition) is 5. The molecule has 0 unspecified atom stereocenters. The number of nitrogens with two attached hydrogens (primary N) is 1. The van der Waals surface area contributed by atoms with E-state index in [-0.39, 0.29) is 5.95 Å².